The maximum Gasteiger partial charge on any atom is 0.251 e. The summed E-state index contributed by atoms with van der Waals surface area (Å²) >= 11 is 6.10. The third-order valence-corrected chi connectivity index (χ3v) is 3.77. The second-order valence-corrected chi connectivity index (χ2v) is 5.64. The number of anilines is 1. The topological polar surface area (TPSA) is 61.7 Å². The van der Waals surface area contributed by atoms with Crippen molar-refractivity contribution in [3.8, 4) is 0 Å². The highest BCUT2D eigenvalue weighted by atomic mass is 35.5. The largest absolute Gasteiger partial charge is 0.391 e. The lowest BCUT2D eigenvalue weighted by atomic mass is 10.0. The lowest BCUT2D eigenvalue weighted by molar-refractivity contribution is -0.119. The summed E-state index contributed by atoms with van der Waals surface area (Å²) in [5.41, 5.74) is 2.89. The minimum atomic E-state index is -0.886. The summed E-state index contributed by atoms with van der Waals surface area (Å²) in [6.45, 7) is 1.55. The first-order valence-electron chi connectivity index (χ1n) is 6.98. The molecule has 0 bridgehead atoms. The van der Waals surface area contributed by atoms with E-state index in [2.05, 4.69) is 10.3 Å². The number of aliphatic hydroxyl groups is 1. The first-order chi connectivity index (χ1) is 10.6. The van der Waals surface area contributed by atoms with Crippen molar-refractivity contribution in [3.05, 3.63) is 64.7 Å². The summed E-state index contributed by atoms with van der Waals surface area (Å²) in [5, 5.41) is 13.2. The number of carbonyl (C=O) groups excluding carboxylic acids is 1. The molecule has 1 heterocycles. The highest BCUT2D eigenvalue weighted by Gasteiger charge is 2.29. The van der Waals surface area contributed by atoms with Gasteiger partial charge in [-0.1, -0.05) is 41.9 Å². The fourth-order valence-electron chi connectivity index (χ4n) is 2.45. The molecule has 0 aromatic heterocycles. The summed E-state index contributed by atoms with van der Waals surface area (Å²) < 4.78 is 0. The molecule has 4 nitrogen and oxygen atoms in total. The molecule has 0 spiro atoms. The number of hydrogen-bond donors (Lipinski definition) is 2. The van der Waals surface area contributed by atoms with Crippen molar-refractivity contribution in [2.24, 2.45) is 4.99 Å². The van der Waals surface area contributed by atoms with Gasteiger partial charge in [0.15, 0.2) is 6.04 Å². The molecule has 0 saturated heterocycles. The maximum atomic E-state index is 12.3. The van der Waals surface area contributed by atoms with Crippen LogP contribution in [0, 0.1) is 0 Å². The van der Waals surface area contributed by atoms with Crippen LogP contribution in [0.3, 0.4) is 0 Å². The molecule has 0 aliphatic carbocycles. The summed E-state index contributed by atoms with van der Waals surface area (Å²) in [6, 6.07) is 13.9. The van der Waals surface area contributed by atoms with Gasteiger partial charge in [-0.15, -0.1) is 0 Å². The Morgan fingerprint density at radius 3 is 2.64 bits per heavy atom. The van der Waals surface area contributed by atoms with Gasteiger partial charge in [0.05, 0.1) is 17.5 Å². The molecule has 22 heavy (non-hydrogen) atoms. The molecule has 0 fully saturated rings. The van der Waals surface area contributed by atoms with E-state index in [0.29, 0.717) is 16.4 Å². The number of nitrogens with zero attached hydrogens (tertiary/aromatic N) is 1. The predicted octanol–water partition coefficient (Wildman–Crippen LogP) is 2.88. The van der Waals surface area contributed by atoms with Gasteiger partial charge in [-0.3, -0.25) is 9.79 Å². The van der Waals surface area contributed by atoms with E-state index in [0.717, 1.165) is 11.1 Å². The second kappa shape index (κ2) is 5.91. The van der Waals surface area contributed by atoms with Crippen LogP contribution in [-0.4, -0.2) is 28.9 Å². The van der Waals surface area contributed by atoms with E-state index in [1.807, 2.05) is 30.3 Å². The Hall–Kier alpha value is -2.17. The third kappa shape index (κ3) is 2.75. The first kappa shape index (κ1) is 14.8. The van der Waals surface area contributed by atoms with Gasteiger partial charge in [0.1, 0.15) is 0 Å². The lowest BCUT2D eigenvalue weighted by Gasteiger charge is -2.13. The van der Waals surface area contributed by atoms with E-state index in [9.17, 15) is 9.90 Å². The Labute approximate surface area is 133 Å². The van der Waals surface area contributed by atoms with Crippen LogP contribution in [-0.2, 0) is 4.79 Å². The maximum absolute atomic E-state index is 12.3. The van der Waals surface area contributed by atoms with Gasteiger partial charge >= 0.3 is 0 Å². The molecule has 112 valence electrons. The number of aliphatic hydroxyl groups excluding tert-OH is 1. The summed E-state index contributed by atoms with van der Waals surface area (Å²) in [7, 11) is 0. The molecule has 0 radical (unpaired) electrons. The van der Waals surface area contributed by atoms with Crippen molar-refractivity contribution < 1.29 is 9.90 Å². The molecule has 2 N–H and O–H groups in total. The summed E-state index contributed by atoms with van der Waals surface area (Å²) in [4.78, 5) is 16.8. The van der Waals surface area contributed by atoms with Crippen LogP contribution in [0.4, 0.5) is 5.69 Å². The number of aliphatic imine (C=N–C) groups is 1. The number of carbonyl (C=O) groups is 1. The normalized spacial score (nSPS) is 18.8. The van der Waals surface area contributed by atoms with Gasteiger partial charge in [0.25, 0.3) is 5.91 Å². The number of halogens is 1. The fraction of sp³-hybridized carbons (Fsp3) is 0.176. The average Bonchev–Trinajstić information content (AvgIpc) is 2.64. The van der Waals surface area contributed by atoms with Crippen molar-refractivity contribution >= 4 is 28.9 Å². The van der Waals surface area contributed by atoms with E-state index >= 15 is 0 Å². The monoisotopic (exact) mass is 314 g/mol. The van der Waals surface area contributed by atoms with Crippen molar-refractivity contribution in [1.29, 1.82) is 0 Å². The number of benzodiazepines with no additional fused rings is 1. The predicted molar refractivity (Wildman–Crippen MR) is 87.6 cm³/mol. The van der Waals surface area contributed by atoms with Gasteiger partial charge in [0, 0.05) is 16.1 Å². The molecule has 1 aliphatic rings. The molecule has 5 heteroatoms. The van der Waals surface area contributed by atoms with Gasteiger partial charge in [-0.25, -0.2) is 0 Å². The zero-order valence-corrected chi connectivity index (χ0v) is 12.7. The van der Waals surface area contributed by atoms with Gasteiger partial charge in [0.2, 0.25) is 0 Å². The van der Waals surface area contributed by atoms with Crippen LogP contribution in [0.1, 0.15) is 18.1 Å². The van der Waals surface area contributed by atoms with Crippen molar-refractivity contribution in [1.82, 2.24) is 0 Å². The SMILES string of the molecule is CC(O)[C@@H]1N=C(c2ccccc2)c2cc(Cl)ccc2NC1=O. The Morgan fingerprint density at radius 2 is 1.95 bits per heavy atom. The smallest absolute Gasteiger partial charge is 0.251 e. The van der Waals surface area contributed by atoms with Crippen LogP contribution in [0.25, 0.3) is 0 Å². The quantitative estimate of drug-likeness (QED) is 0.895. The molecule has 1 aliphatic heterocycles. The lowest BCUT2D eigenvalue weighted by Crippen LogP contribution is -2.34. The van der Waals surface area contributed by atoms with Gasteiger partial charge in [-0.05, 0) is 25.1 Å². The number of fused-ring (bicyclic) bond motifs is 1. The van der Waals surface area contributed by atoms with Gasteiger partial charge in [-0.2, -0.15) is 0 Å². The Morgan fingerprint density at radius 1 is 1.23 bits per heavy atom. The highest BCUT2D eigenvalue weighted by molar-refractivity contribution is 6.32. The molecule has 0 saturated carbocycles. The van der Waals surface area contributed by atoms with Crippen LogP contribution in [0.5, 0.6) is 0 Å². The van der Waals surface area contributed by atoms with Crippen LogP contribution < -0.4 is 5.32 Å². The Balaban J connectivity index is 2.23. The van der Waals surface area contributed by atoms with E-state index in [1.54, 1.807) is 25.1 Å². The summed E-state index contributed by atoms with van der Waals surface area (Å²) in [5.74, 6) is -0.329. The van der Waals surface area contributed by atoms with E-state index in [-0.39, 0.29) is 5.91 Å². The molecule has 2 atom stereocenters. The molecule has 2 aromatic carbocycles. The van der Waals surface area contributed by atoms with Crippen molar-refractivity contribution in [3.63, 3.8) is 0 Å². The number of amides is 1. The Kier molecular flexibility index (Phi) is 3.96. The van der Waals surface area contributed by atoms with Crippen molar-refractivity contribution in [2.75, 3.05) is 5.32 Å². The minimum absolute atomic E-state index is 0.329. The third-order valence-electron chi connectivity index (χ3n) is 3.54. The van der Waals surface area contributed by atoms with Crippen LogP contribution >= 0.6 is 11.6 Å². The average molecular weight is 315 g/mol. The second-order valence-electron chi connectivity index (χ2n) is 5.21. The number of rotatable bonds is 2. The minimum Gasteiger partial charge on any atom is -0.391 e. The summed E-state index contributed by atoms with van der Waals surface area (Å²) in [6.07, 6.45) is -0.886. The zero-order valence-electron chi connectivity index (χ0n) is 12.0. The number of nitrogens with one attached hydrogen (secondary N) is 1. The molecular weight excluding hydrogens is 300 g/mol. The van der Waals surface area contributed by atoms with Gasteiger partial charge < -0.3 is 10.4 Å². The number of hydrogen-bond acceptors (Lipinski definition) is 3. The van der Waals surface area contributed by atoms with E-state index < -0.39 is 12.1 Å². The fourth-order valence-corrected chi connectivity index (χ4v) is 2.62. The molecule has 1 unspecified atom stereocenters. The molecule has 1 amide bonds. The van der Waals surface area contributed by atoms with E-state index in [4.69, 9.17) is 11.6 Å². The van der Waals surface area contributed by atoms with Crippen LogP contribution in [0.15, 0.2) is 53.5 Å². The highest BCUT2D eigenvalue weighted by Crippen LogP contribution is 2.27. The Bertz CT molecular complexity index is 742. The zero-order chi connectivity index (χ0) is 15.7. The molecule has 2 aromatic rings. The molecule has 3 rings (SSSR count). The van der Waals surface area contributed by atoms with Crippen LogP contribution in [0.2, 0.25) is 5.02 Å². The van der Waals surface area contributed by atoms with E-state index in [1.165, 1.54) is 0 Å². The standard InChI is InChI=1S/C17H15ClN2O2/c1-10(21)15-17(22)19-14-8-7-12(18)9-13(14)16(20-15)11-5-3-2-4-6-11/h2-10,15,21H,1H3,(H,19,22)/t10?,15-/m0/s1. The van der Waals surface area contributed by atoms with Crippen molar-refractivity contribution in [2.45, 2.75) is 19.1 Å². The number of benzene rings is 2. The molecular formula is C17H15ClN2O2. The first-order valence-corrected chi connectivity index (χ1v) is 7.36.